The molecule has 0 bridgehead atoms. The Morgan fingerprint density at radius 3 is 2.17 bits per heavy atom. The first-order chi connectivity index (χ1) is 10.9. The van der Waals surface area contributed by atoms with Crippen LogP contribution in [-0.4, -0.2) is 19.6 Å². The summed E-state index contributed by atoms with van der Waals surface area (Å²) in [5.41, 5.74) is 1.71. The van der Waals surface area contributed by atoms with Gasteiger partial charge in [-0.3, -0.25) is 4.79 Å². The normalized spacial score (nSPS) is 11.4. The van der Waals surface area contributed by atoms with Gasteiger partial charge in [0.05, 0.1) is 10.1 Å². The summed E-state index contributed by atoms with van der Waals surface area (Å²) < 4.78 is 24.1. The Bertz CT molecular complexity index is 751. The van der Waals surface area contributed by atoms with Gasteiger partial charge in [0.2, 0.25) is 5.91 Å². The average molecular weight is 331 g/mol. The Labute approximate surface area is 137 Å². The number of hydrogen-bond acceptors (Lipinski definition) is 3. The summed E-state index contributed by atoms with van der Waals surface area (Å²) >= 11 is 0. The maximum atomic E-state index is 12.0. The van der Waals surface area contributed by atoms with Crippen molar-refractivity contribution >= 4 is 21.4 Å². The highest BCUT2D eigenvalue weighted by Gasteiger charge is 2.18. The molecule has 0 saturated carbocycles. The van der Waals surface area contributed by atoms with Crippen molar-refractivity contribution in [2.75, 3.05) is 5.32 Å². The summed E-state index contributed by atoms with van der Waals surface area (Å²) in [7, 11) is -3.28. The van der Waals surface area contributed by atoms with Crippen molar-refractivity contribution in [3.05, 3.63) is 60.2 Å². The molecule has 2 aromatic rings. The van der Waals surface area contributed by atoms with Crippen molar-refractivity contribution in [2.45, 2.75) is 36.8 Å². The zero-order chi connectivity index (χ0) is 16.9. The SMILES string of the molecule is CC(C)S(=O)(=O)c1ccc(NC(=O)CCc2ccccc2)cc1. The molecular weight excluding hydrogens is 310 g/mol. The number of hydrogen-bond donors (Lipinski definition) is 1. The van der Waals surface area contributed by atoms with Gasteiger partial charge in [-0.2, -0.15) is 0 Å². The van der Waals surface area contributed by atoms with Crippen molar-refractivity contribution in [1.82, 2.24) is 0 Å². The Hall–Kier alpha value is -2.14. The number of carbonyl (C=O) groups excluding carboxylic acids is 1. The lowest BCUT2D eigenvalue weighted by Gasteiger charge is -2.09. The minimum absolute atomic E-state index is 0.0895. The Morgan fingerprint density at radius 2 is 1.61 bits per heavy atom. The monoisotopic (exact) mass is 331 g/mol. The van der Waals surface area contributed by atoms with Crippen LogP contribution in [0.5, 0.6) is 0 Å². The zero-order valence-corrected chi connectivity index (χ0v) is 14.1. The molecule has 0 aromatic heterocycles. The first kappa shape index (κ1) is 17.2. The van der Waals surface area contributed by atoms with Crippen LogP contribution in [0.4, 0.5) is 5.69 Å². The van der Waals surface area contributed by atoms with Crippen LogP contribution in [0.1, 0.15) is 25.8 Å². The van der Waals surface area contributed by atoms with E-state index < -0.39 is 15.1 Å². The molecule has 4 nitrogen and oxygen atoms in total. The number of nitrogens with one attached hydrogen (secondary N) is 1. The van der Waals surface area contributed by atoms with Gasteiger partial charge in [-0.25, -0.2) is 8.42 Å². The number of sulfone groups is 1. The molecule has 1 N–H and O–H groups in total. The molecule has 0 saturated heterocycles. The van der Waals surface area contributed by atoms with Gasteiger partial charge in [0.15, 0.2) is 9.84 Å². The summed E-state index contributed by atoms with van der Waals surface area (Å²) in [6.07, 6.45) is 1.06. The number of rotatable bonds is 6. The summed E-state index contributed by atoms with van der Waals surface area (Å²) in [6, 6.07) is 16.1. The molecule has 0 aliphatic carbocycles. The second kappa shape index (κ2) is 7.42. The molecule has 0 radical (unpaired) electrons. The van der Waals surface area contributed by atoms with Gasteiger partial charge in [0.25, 0.3) is 0 Å². The van der Waals surface area contributed by atoms with E-state index in [1.54, 1.807) is 26.0 Å². The predicted molar refractivity (Wildman–Crippen MR) is 92.2 cm³/mol. The van der Waals surface area contributed by atoms with E-state index in [-0.39, 0.29) is 10.8 Å². The van der Waals surface area contributed by atoms with Gasteiger partial charge in [0, 0.05) is 12.1 Å². The summed E-state index contributed by atoms with van der Waals surface area (Å²) in [6.45, 7) is 3.29. The predicted octanol–water partition coefficient (Wildman–Crippen LogP) is 3.44. The second-order valence-electron chi connectivity index (χ2n) is 5.65. The third-order valence-corrected chi connectivity index (χ3v) is 5.74. The molecular formula is C18H21NO3S. The van der Waals surface area contributed by atoms with Gasteiger partial charge in [-0.1, -0.05) is 30.3 Å². The summed E-state index contributed by atoms with van der Waals surface area (Å²) in [4.78, 5) is 12.2. The van der Waals surface area contributed by atoms with E-state index in [2.05, 4.69) is 5.32 Å². The van der Waals surface area contributed by atoms with Crippen LogP contribution in [0.15, 0.2) is 59.5 Å². The fourth-order valence-corrected chi connectivity index (χ4v) is 3.19. The molecule has 122 valence electrons. The van der Waals surface area contributed by atoms with Crippen molar-refractivity contribution < 1.29 is 13.2 Å². The average Bonchev–Trinajstić information content (AvgIpc) is 2.54. The maximum Gasteiger partial charge on any atom is 0.224 e. The fourth-order valence-electron chi connectivity index (χ4n) is 2.13. The highest BCUT2D eigenvalue weighted by atomic mass is 32.2. The lowest BCUT2D eigenvalue weighted by Crippen LogP contribution is -2.15. The van der Waals surface area contributed by atoms with Crippen LogP contribution >= 0.6 is 0 Å². The van der Waals surface area contributed by atoms with Crippen LogP contribution in [0.25, 0.3) is 0 Å². The first-order valence-corrected chi connectivity index (χ1v) is 9.12. The molecule has 0 aliphatic rings. The second-order valence-corrected chi connectivity index (χ2v) is 8.16. The van der Waals surface area contributed by atoms with Crippen LogP contribution in [0, 0.1) is 0 Å². The summed E-state index contributed by atoms with van der Waals surface area (Å²) in [5.74, 6) is -0.0895. The van der Waals surface area contributed by atoms with Crippen LogP contribution < -0.4 is 5.32 Å². The van der Waals surface area contributed by atoms with E-state index in [1.807, 2.05) is 30.3 Å². The third-order valence-electron chi connectivity index (χ3n) is 3.57. The molecule has 1 amide bonds. The van der Waals surface area contributed by atoms with Crippen molar-refractivity contribution in [2.24, 2.45) is 0 Å². The van der Waals surface area contributed by atoms with Crippen molar-refractivity contribution in [3.63, 3.8) is 0 Å². The molecule has 0 aliphatic heterocycles. The molecule has 2 rings (SSSR count). The lowest BCUT2D eigenvalue weighted by atomic mass is 10.1. The van der Waals surface area contributed by atoms with Gasteiger partial charge in [0.1, 0.15) is 0 Å². The van der Waals surface area contributed by atoms with Gasteiger partial charge < -0.3 is 5.32 Å². The summed E-state index contributed by atoms with van der Waals surface area (Å²) in [5, 5.41) is 2.32. The molecule has 5 heteroatoms. The number of anilines is 1. The quantitative estimate of drug-likeness (QED) is 0.882. The molecule has 2 aromatic carbocycles. The Kier molecular flexibility index (Phi) is 5.55. The fraction of sp³-hybridized carbons (Fsp3) is 0.278. The number of amides is 1. The van der Waals surface area contributed by atoms with Crippen molar-refractivity contribution in [3.8, 4) is 0 Å². The van der Waals surface area contributed by atoms with Crippen LogP contribution in [0.3, 0.4) is 0 Å². The Balaban J connectivity index is 1.94. The molecule has 0 fully saturated rings. The standard InChI is InChI=1S/C18H21NO3S/c1-14(2)23(21,22)17-11-9-16(10-12-17)19-18(20)13-8-15-6-4-3-5-7-15/h3-7,9-12,14H,8,13H2,1-2H3,(H,19,20). The van der Waals surface area contributed by atoms with E-state index in [9.17, 15) is 13.2 Å². The lowest BCUT2D eigenvalue weighted by molar-refractivity contribution is -0.116. The number of benzene rings is 2. The van der Waals surface area contributed by atoms with Crippen LogP contribution in [0.2, 0.25) is 0 Å². The van der Waals surface area contributed by atoms with Crippen molar-refractivity contribution in [1.29, 1.82) is 0 Å². The Morgan fingerprint density at radius 1 is 1.00 bits per heavy atom. The smallest absolute Gasteiger partial charge is 0.224 e. The van der Waals surface area contributed by atoms with Gasteiger partial charge in [-0.15, -0.1) is 0 Å². The van der Waals surface area contributed by atoms with E-state index >= 15 is 0 Å². The van der Waals surface area contributed by atoms with Crippen LogP contribution in [-0.2, 0) is 21.1 Å². The molecule has 0 unspecified atom stereocenters. The highest BCUT2D eigenvalue weighted by Crippen LogP contribution is 2.18. The minimum atomic E-state index is -3.28. The van der Waals surface area contributed by atoms with E-state index in [0.29, 0.717) is 18.5 Å². The molecule has 23 heavy (non-hydrogen) atoms. The highest BCUT2D eigenvalue weighted by molar-refractivity contribution is 7.92. The maximum absolute atomic E-state index is 12.0. The zero-order valence-electron chi connectivity index (χ0n) is 13.3. The molecule has 0 spiro atoms. The van der Waals surface area contributed by atoms with E-state index in [4.69, 9.17) is 0 Å². The first-order valence-electron chi connectivity index (χ1n) is 7.57. The third kappa shape index (κ3) is 4.66. The van der Waals surface area contributed by atoms with Gasteiger partial charge in [-0.05, 0) is 50.1 Å². The largest absolute Gasteiger partial charge is 0.326 e. The molecule has 0 heterocycles. The topological polar surface area (TPSA) is 63.2 Å². The van der Waals surface area contributed by atoms with E-state index in [0.717, 1.165) is 5.56 Å². The van der Waals surface area contributed by atoms with Gasteiger partial charge >= 0.3 is 0 Å². The number of carbonyl (C=O) groups is 1. The number of aryl methyl sites for hydroxylation is 1. The minimum Gasteiger partial charge on any atom is -0.326 e. The van der Waals surface area contributed by atoms with E-state index in [1.165, 1.54) is 12.1 Å². The molecule has 0 atom stereocenters.